The molecule has 1 aromatic rings. The fraction of sp³-hybridized carbons (Fsp3) is 0.500. The van der Waals surface area contributed by atoms with Crippen LogP contribution in [-0.2, 0) is 0 Å². The maximum absolute atomic E-state index is 4.03. The van der Waals surface area contributed by atoms with Crippen LogP contribution in [0.4, 0.5) is 5.69 Å². The number of aromatic nitrogens is 1. The Kier molecular flexibility index (Phi) is 3.58. The highest BCUT2D eigenvalue weighted by molar-refractivity contribution is 5.39. The normalized spacial score (nSPS) is 12.5. The summed E-state index contributed by atoms with van der Waals surface area (Å²) in [4.78, 5) is 4.03. The van der Waals surface area contributed by atoms with E-state index < -0.39 is 0 Å². The van der Waals surface area contributed by atoms with Crippen LogP contribution in [0.1, 0.15) is 20.3 Å². The van der Waals surface area contributed by atoms with Gasteiger partial charge in [-0.15, -0.1) is 0 Å². The molecule has 1 N–H and O–H groups in total. The van der Waals surface area contributed by atoms with Gasteiger partial charge in [-0.1, -0.05) is 20.3 Å². The number of anilines is 1. The van der Waals surface area contributed by atoms with Crippen molar-refractivity contribution in [2.45, 2.75) is 20.3 Å². The van der Waals surface area contributed by atoms with Gasteiger partial charge in [0.2, 0.25) is 0 Å². The Morgan fingerprint density at radius 3 is 3.00 bits per heavy atom. The van der Waals surface area contributed by atoms with Gasteiger partial charge in [-0.05, 0) is 18.1 Å². The maximum atomic E-state index is 4.03. The fourth-order valence-electron chi connectivity index (χ4n) is 0.904. The Bertz CT molecular complexity index is 208. The molecule has 66 valence electrons. The number of nitrogens with zero attached hydrogens (tertiary/aromatic N) is 1. The monoisotopic (exact) mass is 164 g/mol. The van der Waals surface area contributed by atoms with Crippen molar-refractivity contribution < 1.29 is 0 Å². The molecule has 0 radical (unpaired) electrons. The first kappa shape index (κ1) is 9.04. The van der Waals surface area contributed by atoms with E-state index in [0.717, 1.165) is 18.2 Å². The van der Waals surface area contributed by atoms with E-state index in [0.29, 0.717) is 0 Å². The highest BCUT2D eigenvalue weighted by Gasteiger charge is 1.97. The second-order valence-electron chi connectivity index (χ2n) is 3.14. The van der Waals surface area contributed by atoms with Crippen molar-refractivity contribution in [1.82, 2.24) is 4.98 Å². The van der Waals surface area contributed by atoms with Gasteiger partial charge >= 0.3 is 0 Å². The van der Waals surface area contributed by atoms with Crippen LogP contribution in [0.5, 0.6) is 0 Å². The van der Waals surface area contributed by atoms with E-state index in [1.165, 1.54) is 6.42 Å². The van der Waals surface area contributed by atoms with Crippen LogP contribution in [0.15, 0.2) is 24.5 Å². The molecule has 2 nitrogen and oxygen atoms in total. The van der Waals surface area contributed by atoms with E-state index in [4.69, 9.17) is 0 Å². The predicted octanol–water partition coefficient (Wildman–Crippen LogP) is 2.54. The van der Waals surface area contributed by atoms with E-state index in [2.05, 4.69) is 24.1 Å². The maximum Gasteiger partial charge on any atom is 0.0526 e. The third-order valence-electron chi connectivity index (χ3n) is 2.01. The Morgan fingerprint density at radius 1 is 1.58 bits per heavy atom. The summed E-state index contributed by atoms with van der Waals surface area (Å²) in [5.74, 6) is 0.727. The molecule has 1 unspecified atom stereocenters. The van der Waals surface area contributed by atoms with Crippen LogP contribution in [0.2, 0.25) is 0 Å². The summed E-state index contributed by atoms with van der Waals surface area (Å²) in [5.41, 5.74) is 1.11. The van der Waals surface area contributed by atoms with Gasteiger partial charge in [-0.3, -0.25) is 4.98 Å². The molecule has 0 aliphatic rings. The van der Waals surface area contributed by atoms with Crippen LogP contribution < -0.4 is 5.32 Å². The molecule has 1 aromatic heterocycles. The molecule has 0 saturated carbocycles. The molecular formula is C10H16N2. The molecule has 1 heterocycles. The van der Waals surface area contributed by atoms with Gasteiger partial charge in [0, 0.05) is 18.9 Å². The second kappa shape index (κ2) is 4.75. The van der Waals surface area contributed by atoms with Gasteiger partial charge in [-0.25, -0.2) is 0 Å². The number of pyridine rings is 1. The summed E-state index contributed by atoms with van der Waals surface area (Å²) in [5, 5.41) is 3.33. The zero-order valence-electron chi connectivity index (χ0n) is 7.75. The average Bonchev–Trinajstić information content (AvgIpc) is 2.16. The minimum Gasteiger partial charge on any atom is -0.384 e. The third-order valence-corrected chi connectivity index (χ3v) is 2.01. The lowest BCUT2D eigenvalue weighted by Gasteiger charge is -2.10. The first-order chi connectivity index (χ1) is 5.83. The minimum absolute atomic E-state index is 0.727. The molecule has 0 fully saturated rings. The van der Waals surface area contributed by atoms with E-state index in [-0.39, 0.29) is 0 Å². The largest absolute Gasteiger partial charge is 0.384 e. The van der Waals surface area contributed by atoms with Crippen molar-refractivity contribution in [3.8, 4) is 0 Å². The van der Waals surface area contributed by atoms with Crippen LogP contribution >= 0.6 is 0 Å². The number of hydrogen-bond acceptors (Lipinski definition) is 2. The van der Waals surface area contributed by atoms with Crippen molar-refractivity contribution >= 4 is 5.69 Å². The van der Waals surface area contributed by atoms with Gasteiger partial charge in [-0.2, -0.15) is 0 Å². The highest BCUT2D eigenvalue weighted by Crippen LogP contribution is 2.05. The second-order valence-corrected chi connectivity index (χ2v) is 3.14. The van der Waals surface area contributed by atoms with Crippen molar-refractivity contribution in [2.75, 3.05) is 11.9 Å². The smallest absolute Gasteiger partial charge is 0.0526 e. The van der Waals surface area contributed by atoms with Crippen molar-refractivity contribution in [3.05, 3.63) is 24.5 Å². The first-order valence-corrected chi connectivity index (χ1v) is 4.46. The summed E-state index contributed by atoms with van der Waals surface area (Å²) < 4.78 is 0. The number of nitrogens with one attached hydrogen (secondary N) is 1. The lowest BCUT2D eigenvalue weighted by Crippen LogP contribution is -2.10. The summed E-state index contributed by atoms with van der Waals surface area (Å²) in [6.07, 6.45) is 4.85. The summed E-state index contributed by atoms with van der Waals surface area (Å²) in [7, 11) is 0. The van der Waals surface area contributed by atoms with E-state index in [1.807, 2.05) is 18.3 Å². The molecule has 1 rings (SSSR count). The average molecular weight is 164 g/mol. The van der Waals surface area contributed by atoms with Gasteiger partial charge < -0.3 is 5.32 Å². The van der Waals surface area contributed by atoms with E-state index in [9.17, 15) is 0 Å². The fourth-order valence-corrected chi connectivity index (χ4v) is 0.904. The Morgan fingerprint density at radius 2 is 2.42 bits per heavy atom. The zero-order valence-corrected chi connectivity index (χ0v) is 7.75. The number of rotatable bonds is 4. The molecule has 0 aromatic carbocycles. The Balaban J connectivity index is 2.33. The summed E-state index contributed by atoms with van der Waals surface area (Å²) in [6.45, 7) is 5.47. The molecule has 1 atom stereocenters. The molecule has 0 spiro atoms. The van der Waals surface area contributed by atoms with Crippen molar-refractivity contribution in [2.24, 2.45) is 5.92 Å². The van der Waals surface area contributed by atoms with E-state index >= 15 is 0 Å². The predicted molar refractivity (Wildman–Crippen MR) is 52.2 cm³/mol. The standard InChI is InChI=1S/C10H16N2/c1-3-9(2)7-12-10-5-4-6-11-8-10/h4-6,8-9,12H,3,7H2,1-2H3. The summed E-state index contributed by atoms with van der Waals surface area (Å²) in [6, 6.07) is 3.98. The van der Waals surface area contributed by atoms with Gasteiger partial charge in [0.05, 0.1) is 5.69 Å². The molecule has 12 heavy (non-hydrogen) atoms. The Hall–Kier alpha value is -1.05. The Labute approximate surface area is 74.0 Å². The molecule has 2 heteroatoms. The first-order valence-electron chi connectivity index (χ1n) is 4.46. The molecule has 0 saturated heterocycles. The van der Waals surface area contributed by atoms with Gasteiger partial charge in [0.15, 0.2) is 0 Å². The van der Waals surface area contributed by atoms with Crippen molar-refractivity contribution in [1.29, 1.82) is 0 Å². The van der Waals surface area contributed by atoms with Crippen LogP contribution in [0.25, 0.3) is 0 Å². The van der Waals surface area contributed by atoms with Gasteiger partial charge in [0.1, 0.15) is 0 Å². The van der Waals surface area contributed by atoms with Crippen LogP contribution in [0, 0.1) is 5.92 Å². The molecule has 0 aliphatic carbocycles. The topological polar surface area (TPSA) is 24.9 Å². The quantitative estimate of drug-likeness (QED) is 0.739. The molecular weight excluding hydrogens is 148 g/mol. The van der Waals surface area contributed by atoms with E-state index in [1.54, 1.807) is 6.20 Å². The molecule has 0 amide bonds. The molecule has 0 bridgehead atoms. The third kappa shape index (κ3) is 2.91. The van der Waals surface area contributed by atoms with Crippen LogP contribution in [-0.4, -0.2) is 11.5 Å². The SMILES string of the molecule is CCC(C)CNc1cccnc1. The van der Waals surface area contributed by atoms with Gasteiger partial charge in [0.25, 0.3) is 0 Å². The summed E-state index contributed by atoms with van der Waals surface area (Å²) >= 11 is 0. The zero-order chi connectivity index (χ0) is 8.81. The highest BCUT2D eigenvalue weighted by atomic mass is 14.9. The van der Waals surface area contributed by atoms with Crippen molar-refractivity contribution in [3.63, 3.8) is 0 Å². The lowest BCUT2D eigenvalue weighted by atomic mass is 10.1. The number of hydrogen-bond donors (Lipinski definition) is 1. The van der Waals surface area contributed by atoms with Crippen LogP contribution in [0.3, 0.4) is 0 Å². The minimum atomic E-state index is 0.727. The molecule has 0 aliphatic heterocycles. The lowest BCUT2D eigenvalue weighted by molar-refractivity contribution is 0.593.